The van der Waals surface area contributed by atoms with E-state index in [1.807, 2.05) is 75.4 Å². The molecule has 1 N–H and O–H groups in total. The first-order valence-corrected chi connectivity index (χ1v) is 16.8. The van der Waals surface area contributed by atoms with Crippen LogP contribution in [0.3, 0.4) is 0 Å². The maximum Gasteiger partial charge on any atom is 0.264 e. The van der Waals surface area contributed by atoms with Gasteiger partial charge in [0.15, 0.2) is 0 Å². The van der Waals surface area contributed by atoms with Gasteiger partial charge in [0.05, 0.1) is 10.6 Å². The number of carbonyl (C=O) groups is 2. The van der Waals surface area contributed by atoms with E-state index in [1.165, 1.54) is 17.0 Å². The minimum Gasteiger partial charge on any atom is -0.354 e. The molecule has 9 heteroatoms. The monoisotopic (exact) mass is 645 g/mol. The summed E-state index contributed by atoms with van der Waals surface area (Å²) in [6, 6.07) is 29.2. The van der Waals surface area contributed by atoms with Gasteiger partial charge in [-0.25, -0.2) is 8.42 Å². The number of halogens is 1. The maximum atomic E-state index is 14.6. The smallest absolute Gasteiger partial charge is 0.264 e. The zero-order valence-electron chi connectivity index (χ0n) is 26.1. The van der Waals surface area contributed by atoms with Gasteiger partial charge in [0.1, 0.15) is 12.6 Å². The van der Waals surface area contributed by atoms with Crippen LogP contribution in [0.5, 0.6) is 0 Å². The first-order valence-electron chi connectivity index (χ1n) is 15.0. The van der Waals surface area contributed by atoms with Gasteiger partial charge in [0.2, 0.25) is 11.8 Å². The lowest BCUT2D eigenvalue weighted by Crippen LogP contribution is -2.54. The van der Waals surface area contributed by atoms with Gasteiger partial charge < -0.3 is 10.2 Å². The highest BCUT2D eigenvalue weighted by molar-refractivity contribution is 7.92. The molecule has 45 heavy (non-hydrogen) atoms. The average molecular weight is 646 g/mol. The molecule has 4 rings (SSSR count). The fourth-order valence-electron chi connectivity index (χ4n) is 5.05. The minimum absolute atomic E-state index is 0.0399. The van der Waals surface area contributed by atoms with Crippen LogP contribution in [0.25, 0.3) is 0 Å². The Labute approximate surface area is 271 Å². The third kappa shape index (κ3) is 8.53. The van der Waals surface area contributed by atoms with E-state index in [1.54, 1.807) is 43.3 Å². The predicted octanol–water partition coefficient (Wildman–Crippen LogP) is 6.56. The van der Waals surface area contributed by atoms with E-state index >= 15 is 0 Å². The van der Waals surface area contributed by atoms with E-state index in [-0.39, 0.29) is 29.7 Å². The van der Waals surface area contributed by atoms with Crippen molar-refractivity contribution >= 4 is 39.1 Å². The van der Waals surface area contributed by atoms with Crippen LogP contribution in [0.4, 0.5) is 5.69 Å². The quantitative estimate of drug-likeness (QED) is 0.178. The third-order valence-electron chi connectivity index (χ3n) is 7.68. The van der Waals surface area contributed by atoms with Crippen LogP contribution in [0.2, 0.25) is 5.02 Å². The molecule has 0 aliphatic carbocycles. The second-order valence-corrected chi connectivity index (χ2v) is 13.8. The van der Waals surface area contributed by atoms with Crippen LogP contribution >= 0.6 is 11.6 Å². The zero-order valence-corrected chi connectivity index (χ0v) is 27.7. The summed E-state index contributed by atoms with van der Waals surface area (Å²) in [7, 11) is -4.20. The number of nitrogens with zero attached hydrogens (tertiary/aromatic N) is 2. The van der Waals surface area contributed by atoms with E-state index in [0.29, 0.717) is 22.8 Å². The van der Waals surface area contributed by atoms with Gasteiger partial charge in [-0.15, -0.1) is 0 Å². The molecule has 0 aromatic heterocycles. The standard InChI is InChI=1S/C36H40ClN3O4S/c1-26(2)23-38-36(42)34(22-29-15-7-5-8-16-29)39(24-30-17-12-11-14-27(30)3)35(41)25-40(33-21-13-20-32(37)28(33)4)45(43,44)31-18-9-6-10-19-31/h5-21,26,34H,22-25H2,1-4H3,(H,38,42)/t34-/m0/s1. The van der Waals surface area contributed by atoms with E-state index in [2.05, 4.69) is 5.32 Å². The van der Waals surface area contributed by atoms with Crippen molar-refractivity contribution in [3.63, 3.8) is 0 Å². The Morgan fingerprint density at radius 1 is 0.822 bits per heavy atom. The number of anilines is 1. The number of hydrogen-bond acceptors (Lipinski definition) is 4. The molecule has 0 radical (unpaired) electrons. The Kier molecular flexibility index (Phi) is 11.4. The number of benzene rings is 4. The summed E-state index contributed by atoms with van der Waals surface area (Å²) in [6.07, 6.45) is 0.254. The van der Waals surface area contributed by atoms with Crippen molar-refractivity contribution in [1.29, 1.82) is 0 Å². The van der Waals surface area contributed by atoms with Crippen LogP contribution in [-0.2, 0) is 32.6 Å². The van der Waals surface area contributed by atoms with Crippen molar-refractivity contribution in [2.24, 2.45) is 5.92 Å². The fourth-order valence-corrected chi connectivity index (χ4v) is 6.71. The van der Waals surface area contributed by atoms with E-state index < -0.39 is 28.5 Å². The van der Waals surface area contributed by atoms with Gasteiger partial charge in [-0.1, -0.05) is 104 Å². The van der Waals surface area contributed by atoms with Crippen molar-refractivity contribution in [1.82, 2.24) is 10.2 Å². The lowest BCUT2D eigenvalue weighted by atomic mass is 10.0. The number of amides is 2. The van der Waals surface area contributed by atoms with Gasteiger partial charge in [-0.2, -0.15) is 0 Å². The molecule has 0 bridgehead atoms. The summed E-state index contributed by atoms with van der Waals surface area (Å²) in [6.45, 7) is 7.69. The van der Waals surface area contributed by atoms with Gasteiger partial charge in [-0.05, 0) is 66.3 Å². The Hall–Kier alpha value is -4.14. The summed E-state index contributed by atoms with van der Waals surface area (Å²) in [5.74, 6) is -0.618. The number of sulfonamides is 1. The molecule has 0 aliphatic rings. The SMILES string of the molecule is Cc1ccccc1CN(C(=O)CN(c1cccc(Cl)c1C)S(=O)(=O)c1ccccc1)[C@@H](Cc1ccccc1)C(=O)NCC(C)C. The Morgan fingerprint density at radius 2 is 1.44 bits per heavy atom. The maximum absolute atomic E-state index is 14.6. The molecule has 4 aromatic carbocycles. The van der Waals surface area contributed by atoms with Crippen molar-refractivity contribution in [3.8, 4) is 0 Å². The molecular weight excluding hydrogens is 606 g/mol. The van der Waals surface area contributed by atoms with E-state index in [0.717, 1.165) is 21.0 Å². The van der Waals surface area contributed by atoms with Crippen molar-refractivity contribution in [3.05, 3.63) is 130 Å². The molecule has 4 aromatic rings. The van der Waals surface area contributed by atoms with E-state index in [9.17, 15) is 18.0 Å². The number of hydrogen-bond donors (Lipinski definition) is 1. The summed E-state index contributed by atoms with van der Waals surface area (Å²) < 4.78 is 29.4. The predicted molar refractivity (Wildman–Crippen MR) is 181 cm³/mol. The number of rotatable bonds is 13. The summed E-state index contributed by atoms with van der Waals surface area (Å²) in [4.78, 5) is 30.0. The molecule has 7 nitrogen and oxygen atoms in total. The average Bonchev–Trinajstić information content (AvgIpc) is 3.03. The molecule has 236 valence electrons. The summed E-state index contributed by atoms with van der Waals surface area (Å²) in [5, 5.41) is 3.39. The highest BCUT2D eigenvalue weighted by atomic mass is 35.5. The zero-order chi connectivity index (χ0) is 32.6. The van der Waals surface area contributed by atoms with Gasteiger partial charge in [0, 0.05) is 24.5 Å². The molecule has 0 saturated carbocycles. The number of aryl methyl sites for hydroxylation is 1. The normalized spacial score (nSPS) is 12.0. The Bertz CT molecular complexity index is 1710. The van der Waals surface area contributed by atoms with Crippen LogP contribution in [0, 0.1) is 19.8 Å². The van der Waals surface area contributed by atoms with Crippen LogP contribution < -0.4 is 9.62 Å². The minimum atomic E-state index is -4.20. The molecular formula is C36H40ClN3O4S. The number of nitrogens with one attached hydrogen (secondary N) is 1. The van der Waals surface area contributed by atoms with Crippen LogP contribution in [0.1, 0.15) is 36.1 Å². The van der Waals surface area contributed by atoms with Crippen molar-refractivity contribution in [2.75, 3.05) is 17.4 Å². The molecule has 0 saturated heterocycles. The van der Waals surface area contributed by atoms with Gasteiger partial charge in [-0.3, -0.25) is 13.9 Å². The Balaban J connectivity index is 1.83. The fraction of sp³-hybridized carbons (Fsp3) is 0.278. The first-order chi connectivity index (χ1) is 21.5. The lowest BCUT2D eigenvalue weighted by molar-refractivity contribution is -0.140. The summed E-state index contributed by atoms with van der Waals surface area (Å²) in [5.41, 5.74) is 3.50. The second-order valence-electron chi connectivity index (χ2n) is 11.5. The first kappa shape index (κ1) is 33.7. The van der Waals surface area contributed by atoms with Crippen molar-refractivity contribution in [2.45, 2.75) is 51.6 Å². The highest BCUT2D eigenvalue weighted by Crippen LogP contribution is 2.31. The molecule has 2 amide bonds. The van der Waals surface area contributed by atoms with Gasteiger partial charge >= 0.3 is 0 Å². The Morgan fingerprint density at radius 3 is 2.09 bits per heavy atom. The second kappa shape index (κ2) is 15.2. The molecule has 0 aliphatic heterocycles. The topological polar surface area (TPSA) is 86.8 Å². The summed E-state index contributed by atoms with van der Waals surface area (Å²) >= 11 is 6.45. The lowest BCUT2D eigenvalue weighted by Gasteiger charge is -2.34. The highest BCUT2D eigenvalue weighted by Gasteiger charge is 2.35. The third-order valence-corrected chi connectivity index (χ3v) is 9.86. The van der Waals surface area contributed by atoms with Crippen LogP contribution in [-0.4, -0.2) is 44.3 Å². The van der Waals surface area contributed by atoms with Crippen molar-refractivity contribution < 1.29 is 18.0 Å². The molecule has 1 atom stereocenters. The number of carbonyl (C=O) groups excluding carboxylic acids is 2. The van der Waals surface area contributed by atoms with Gasteiger partial charge in [0.25, 0.3) is 10.0 Å². The largest absolute Gasteiger partial charge is 0.354 e. The molecule has 0 fully saturated rings. The molecule has 0 unspecified atom stereocenters. The van der Waals surface area contributed by atoms with Crippen LogP contribution in [0.15, 0.2) is 108 Å². The molecule has 0 heterocycles. The molecule has 0 spiro atoms. The van der Waals surface area contributed by atoms with E-state index in [4.69, 9.17) is 11.6 Å².